The van der Waals surface area contributed by atoms with Gasteiger partial charge in [0.15, 0.2) is 0 Å². The van der Waals surface area contributed by atoms with Gasteiger partial charge in [-0.05, 0) is 62.5 Å². The zero-order chi connectivity index (χ0) is 9.76. The zero-order valence-corrected chi connectivity index (χ0v) is 10.4. The second-order valence-corrected chi connectivity index (χ2v) is 7.17. The first kappa shape index (κ1) is 9.65. The SMILES string of the molecule is CSC(=S)C12CC3CC(CC(C3)C1)C2. The third-order valence-electron chi connectivity index (χ3n) is 4.66. The van der Waals surface area contributed by atoms with E-state index in [0.29, 0.717) is 5.41 Å². The molecular formula is C12H18S2. The molecule has 4 fully saturated rings. The van der Waals surface area contributed by atoms with Crippen LogP contribution >= 0.6 is 24.0 Å². The molecule has 0 nitrogen and oxygen atoms in total. The highest BCUT2D eigenvalue weighted by atomic mass is 32.2. The lowest BCUT2D eigenvalue weighted by Crippen LogP contribution is -2.48. The molecule has 0 aromatic carbocycles. The largest absolute Gasteiger partial charge is 0.122 e. The summed E-state index contributed by atoms with van der Waals surface area (Å²) in [6.07, 6.45) is 11.0. The minimum absolute atomic E-state index is 0.503. The molecule has 0 atom stereocenters. The van der Waals surface area contributed by atoms with Crippen molar-refractivity contribution in [1.82, 2.24) is 0 Å². The minimum atomic E-state index is 0.503. The fourth-order valence-electron chi connectivity index (χ4n) is 4.58. The molecule has 0 unspecified atom stereocenters. The molecule has 4 aliphatic rings. The monoisotopic (exact) mass is 226 g/mol. The predicted molar refractivity (Wildman–Crippen MR) is 66.7 cm³/mol. The first-order chi connectivity index (χ1) is 6.72. The van der Waals surface area contributed by atoms with E-state index in [2.05, 4.69) is 6.26 Å². The standard InChI is InChI=1S/C12H18S2/c1-14-11(13)12-5-8-2-9(6-12)4-10(3-8)7-12/h8-10H,2-7H2,1H3. The van der Waals surface area contributed by atoms with Gasteiger partial charge >= 0.3 is 0 Å². The molecule has 0 aromatic heterocycles. The fraction of sp³-hybridized carbons (Fsp3) is 0.917. The van der Waals surface area contributed by atoms with E-state index in [0.717, 1.165) is 17.8 Å². The van der Waals surface area contributed by atoms with Crippen LogP contribution in [0.3, 0.4) is 0 Å². The van der Waals surface area contributed by atoms with Crippen molar-refractivity contribution < 1.29 is 0 Å². The smallest absolute Gasteiger partial charge is 0.0538 e. The van der Waals surface area contributed by atoms with Crippen molar-refractivity contribution in [3.8, 4) is 0 Å². The van der Waals surface area contributed by atoms with Crippen molar-refractivity contribution in [2.75, 3.05) is 6.26 Å². The zero-order valence-electron chi connectivity index (χ0n) is 8.79. The lowest BCUT2D eigenvalue weighted by atomic mass is 9.50. The molecule has 0 spiro atoms. The summed E-state index contributed by atoms with van der Waals surface area (Å²) in [6, 6.07) is 0. The lowest BCUT2D eigenvalue weighted by molar-refractivity contribution is -0.00938. The van der Waals surface area contributed by atoms with Crippen LogP contribution < -0.4 is 0 Å². The van der Waals surface area contributed by atoms with E-state index in [1.165, 1.54) is 42.7 Å². The Bertz CT molecular complexity index is 234. The Hall–Kier alpha value is 0.440. The molecule has 0 saturated heterocycles. The van der Waals surface area contributed by atoms with Crippen LogP contribution in [0, 0.1) is 23.2 Å². The molecule has 0 aliphatic heterocycles. The highest BCUT2D eigenvalue weighted by Gasteiger charge is 2.52. The van der Waals surface area contributed by atoms with Crippen LogP contribution in [0.15, 0.2) is 0 Å². The topological polar surface area (TPSA) is 0 Å². The van der Waals surface area contributed by atoms with Crippen LogP contribution in [0.4, 0.5) is 0 Å². The van der Waals surface area contributed by atoms with Gasteiger partial charge in [-0.25, -0.2) is 0 Å². The van der Waals surface area contributed by atoms with E-state index in [-0.39, 0.29) is 0 Å². The first-order valence-corrected chi connectivity index (χ1v) is 7.43. The van der Waals surface area contributed by atoms with Crippen molar-refractivity contribution in [3.05, 3.63) is 0 Å². The quantitative estimate of drug-likeness (QED) is 0.622. The van der Waals surface area contributed by atoms with Crippen LogP contribution in [-0.4, -0.2) is 10.5 Å². The Morgan fingerprint density at radius 3 is 1.86 bits per heavy atom. The van der Waals surface area contributed by atoms with Crippen LogP contribution in [0.25, 0.3) is 0 Å². The molecule has 0 amide bonds. The fourth-order valence-corrected chi connectivity index (χ4v) is 5.51. The lowest BCUT2D eigenvalue weighted by Gasteiger charge is -2.56. The van der Waals surface area contributed by atoms with Gasteiger partial charge in [0, 0.05) is 5.41 Å². The van der Waals surface area contributed by atoms with Crippen molar-refractivity contribution >= 4 is 28.2 Å². The van der Waals surface area contributed by atoms with E-state index in [1.807, 2.05) is 11.8 Å². The highest BCUT2D eigenvalue weighted by Crippen LogP contribution is 2.61. The summed E-state index contributed by atoms with van der Waals surface area (Å²) < 4.78 is 1.33. The molecule has 4 rings (SSSR count). The van der Waals surface area contributed by atoms with Gasteiger partial charge in [-0.1, -0.05) is 12.2 Å². The third kappa shape index (κ3) is 1.30. The van der Waals surface area contributed by atoms with E-state index in [4.69, 9.17) is 12.2 Å². The normalized spacial score (nSPS) is 49.6. The number of hydrogen-bond donors (Lipinski definition) is 0. The van der Waals surface area contributed by atoms with Gasteiger partial charge in [0.2, 0.25) is 0 Å². The molecule has 4 bridgehead atoms. The van der Waals surface area contributed by atoms with Crippen LogP contribution in [0.5, 0.6) is 0 Å². The Balaban J connectivity index is 1.91. The summed E-state index contributed by atoms with van der Waals surface area (Å²) in [5.74, 6) is 3.10. The molecule has 0 heterocycles. The summed E-state index contributed by atoms with van der Waals surface area (Å²) in [5.41, 5.74) is 0.503. The van der Waals surface area contributed by atoms with Crippen LogP contribution in [0.1, 0.15) is 38.5 Å². The Morgan fingerprint density at radius 1 is 1.07 bits per heavy atom. The number of rotatable bonds is 1. The average Bonchev–Trinajstić information content (AvgIpc) is 2.14. The average molecular weight is 226 g/mol. The van der Waals surface area contributed by atoms with E-state index in [1.54, 1.807) is 0 Å². The Morgan fingerprint density at radius 2 is 1.50 bits per heavy atom. The van der Waals surface area contributed by atoms with Crippen LogP contribution in [0.2, 0.25) is 0 Å². The summed E-state index contributed by atoms with van der Waals surface area (Å²) in [4.78, 5) is 0. The molecule has 2 heteroatoms. The third-order valence-corrected chi connectivity index (χ3v) is 6.39. The molecule has 4 saturated carbocycles. The summed E-state index contributed by atoms with van der Waals surface area (Å²) in [6.45, 7) is 0. The second kappa shape index (κ2) is 3.21. The number of thiocarbonyl (C=S) groups is 1. The number of thioether (sulfide) groups is 1. The molecule has 78 valence electrons. The molecule has 4 aliphatic carbocycles. The van der Waals surface area contributed by atoms with Gasteiger partial charge in [-0.2, -0.15) is 0 Å². The summed E-state index contributed by atoms with van der Waals surface area (Å²) >= 11 is 7.45. The van der Waals surface area contributed by atoms with Crippen molar-refractivity contribution in [3.63, 3.8) is 0 Å². The maximum atomic E-state index is 5.61. The maximum Gasteiger partial charge on any atom is 0.0538 e. The van der Waals surface area contributed by atoms with E-state index in [9.17, 15) is 0 Å². The molecular weight excluding hydrogens is 208 g/mol. The van der Waals surface area contributed by atoms with Gasteiger partial charge in [0.1, 0.15) is 0 Å². The second-order valence-electron chi connectivity index (χ2n) is 5.69. The molecule has 0 radical (unpaired) electrons. The maximum absolute atomic E-state index is 5.61. The molecule has 0 aromatic rings. The van der Waals surface area contributed by atoms with E-state index >= 15 is 0 Å². The van der Waals surface area contributed by atoms with Gasteiger partial charge in [0.25, 0.3) is 0 Å². The van der Waals surface area contributed by atoms with Gasteiger partial charge in [-0.3, -0.25) is 0 Å². The summed E-state index contributed by atoms with van der Waals surface area (Å²) in [7, 11) is 0. The van der Waals surface area contributed by atoms with E-state index < -0.39 is 0 Å². The van der Waals surface area contributed by atoms with Crippen molar-refractivity contribution in [1.29, 1.82) is 0 Å². The molecule has 14 heavy (non-hydrogen) atoms. The highest BCUT2D eigenvalue weighted by molar-refractivity contribution is 8.22. The van der Waals surface area contributed by atoms with Crippen molar-refractivity contribution in [2.45, 2.75) is 38.5 Å². The van der Waals surface area contributed by atoms with Gasteiger partial charge < -0.3 is 0 Å². The molecule has 0 N–H and O–H groups in total. The van der Waals surface area contributed by atoms with Crippen molar-refractivity contribution in [2.24, 2.45) is 23.2 Å². The Labute approximate surface area is 96.2 Å². The van der Waals surface area contributed by atoms with Gasteiger partial charge in [-0.15, -0.1) is 11.8 Å². The van der Waals surface area contributed by atoms with Gasteiger partial charge in [0.05, 0.1) is 4.20 Å². The predicted octanol–water partition coefficient (Wildman–Crippen LogP) is 3.89. The first-order valence-electron chi connectivity index (χ1n) is 5.80. The summed E-state index contributed by atoms with van der Waals surface area (Å²) in [5, 5.41) is 0. The number of hydrogen-bond acceptors (Lipinski definition) is 2. The Kier molecular flexibility index (Phi) is 2.22. The minimum Gasteiger partial charge on any atom is -0.122 e. The van der Waals surface area contributed by atoms with Crippen LogP contribution in [-0.2, 0) is 0 Å².